The van der Waals surface area contributed by atoms with Crippen LogP contribution in [-0.4, -0.2) is 14.3 Å². The molecule has 0 atom stereocenters. The van der Waals surface area contributed by atoms with Crippen molar-refractivity contribution in [1.82, 2.24) is 0 Å². The maximum atomic E-state index is 12.7. The molecule has 0 aliphatic carbocycles. The van der Waals surface area contributed by atoms with Crippen LogP contribution in [0.2, 0.25) is 10.0 Å². The van der Waals surface area contributed by atoms with Gasteiger partial charge in [0.25, 0.3) is 5.91 Å². The molecule has 0 aromatic heterocycles. The van der Waals surface area contributed by atoms with Crippen molar-refractivity contribution in [3.8, 4) is 11.8 Å². The van der Waals surface area contributed by atoms with Crippen LogP contribution in [0, 0.1) is 25.2 Å². The summed E-state index contributed by atoms with van der Waals surface area (Å²) in [5.41, 5.74) is 1.95. The molecule has 0 aliphatic rings. The van der Waals surface area contributed by atoms with Crippen molar-refractivity contribution < 1.29 is 17.4 Å². The van der Waals surface area contributed by atoms with E-state index in [1.165, 1.54) is 36.4 Å². The predicted molar refractivity (Wildman–Crippen MR) is 129 cm³/mol. The van der Waals surface area contributed by atoms with E-state index in [2.05, 4.69) is 5.32 Å². The number of carbonyl (C=O) groups excluding carboxylic acids is 1. The van der Waals surface area contributed by atoms with Crippen molar-refractivity contribution in [2.75, 3.05) is 5.32 Å². The normalized spacial score (nSPS) is 11.5. The van der Waals surface area contributed by atoms with Gasteiger partial charge < -0.3 is 9.50 Å². The second-order valence-electron chi connectivity index (χ2n) is 7.12. The van der Waals surface area contributed by atoms with Gasteiger partial charge in [-0.15, -0.1) is 0 Å². The van der Waals surface area contributed by atoms with Crippen LogP contribution >= 0.6 is 23.2 Å². The molecule has 0 saturated carbocycles. The van der Waals surface area contributed by atoms with Crippen LogP contribution in [0.5, 0.6) is 5.75 Å². The summed E-state index contributed by atoms with van der Waals surface area (Å²) in [6, 6.07) is 17.1. The van der Waals surface area contributed by atoms with Crippen molar-refractivity contribution in [2.45, 2.75) is 18.7 Å². The lowest BCUT2D eigenvalue weighted by atomic mass is 10.1. The lowest BCUT2D eigenvalue weighted by Crippen LogP contribution is -2.14. The van der Waals surface area contributed by atoms with Crippen LogP contribution < -0.4 is 9.50 Å². The van der Waals surface area contributed by atoms with Crippen molar-refractivity contribution in [3.63, 3.8) is 0 Å². The second kappa shape index (κ2) is 10.1. The van der Waals surface area contributed by atoms with Crippen LogP contribution in [-0.2, 0) is 14.9 Å². The minimum Gasteiger partial charge on any atom is -0.378 e. The van der Waals surface area contributed by atoms with Gasteiger partial charge in [-0.2, -0.15) is 13.7 Å². The fourth-order valence-corrected chi connectivity index (χ4v) is 4.11. The third kappa shape index (κ3) is 6.14. The summed E-state index contributed by atoms with van der Waals surface area (Å²) in [5, 5.41) is 12.9. The first-order valence-corrected chi connectivity index (χ1v) is 11.8. The van der Waals surface area contributed by atoms with Crippen LogP contribution in [0.4, 0.5) is 5.69 Å². The second-order valence-corrected chi connectivity index (χ2v) is 9.54. The van der Waals surface area contributed by atoms with Crippen LogP contribution in [0.15, 0.2) is 71.1 Å². The zero-order valence-electron chi connectivity index (χ0n) is 17.6. The Morgan fingerprint density at radius 2 is 1.64 bits per heavy atom. The van der Waals surface area contributed by atoms with Gasteiger partial charge in [0.05, 0.1) is 0 Å². The number of hydrogen-bond donors (Lipinski definition) is 1. The lowest BCUT2D eigenvalue weighted by molar-refractivity contribution is -0.112. The van der Waals surface area contributed by atoms with Gasteiger partial charge in [0, 0.05) is 21.3 Å². The molecule has 0 radical (unpaired) electrons. The molecule has 3 rings (SSSR count). The topological polar surface area (TPSA) is 96.3 Å². The predicted octanol–water partition coefficient (Wildman–Crippen LogP) is 5.92. The number of nitriles is 1. The molecule has 0 fully saturated rings. The molecule has 6 nitrogen and oxygen atoms in total. The maximum absolute atomic E-state index is 12.7. The van der Waals surface area contributed by atoms with E-state index in [1.807, 2.05) is 13.0 Å². The number of aryl methyl sites for hydroxylation is 2. The van der Waals surface area contributed by atoms with E-state index in [0.29, 0.717) is 10.7 Å². The molecular weight excluding hydrogens is 483 g/mol. The monoisotopic (exact) mass is 500 g/mol. The van der Waals surface area contributed by atoms with Gasteiger partial charge in [-0.25, -0.2) is 0 Å². The number of benzene rings is 3. The molecule has 3 aromatic rings. The number of nitrogens with zero attached hydrogens (tertiary/aromatic N) is 1. The third-order valence-corrected chi connectivity index (χ3v) is 6.31. The van der Waals surface area contributed by atoms with E-state index in [4.69, 9.17) is 27.4 Å². The summed E-state index contributed by atoms with van der Waals surface area (Å²) in [7, 11) is -4.16. The quantitative estimate of drug-likeness (QED) is 0.257. The van der Waals surface area contributed by atoms with E-state index in [9.17, 15) is 18.5 Å². The van der Waals surface area contributed by atoms with Gasteiger partial charge in [-0.3, -0.25) is 4.79 Å². The Morgan fingerprint density at radius 3 is 2.30 bits per heavy atom. The standard InChI is InChI=1S/C24H18Cl2N2O4S/c1-15-3-8-21(9-4-15)33(30,31)32-23-10-7-19(25)12-17(23)11-18(14-27)24(29)28-22-13-20(26)6-5-16(22)2/h3-13H,1-2H3,(H,28,29)/b18-11+. The molecule has 0 aliphatic heterocycles. The van der Waals surface area contributed by atoms with Crippen LogP contribution in [0.25, 0.3) is 6.08 Å². The van der Waals surface area contributed by atoms with E-state index in [0.717, 1.165) is 11.1 Å². The largest absolute Gasteiger partial charge is 0.378 e. The number of rotatable bonds is 6. The lowest BCUT2D eigenvalue weighted by Gasteiger charge is -2.11. The minimum absolute atomic E-state index is 0.0346. The Labute approximate surface area is 202 Å². The van der Waals surface area contributed by atoms with E-state index >= 15 is 0 Å². The van der Waals surface area contributed by atoms with Gasteiger partial charge in [0.15, 0.2) is 0 Å². The SMILES string of the molecule is Cc1ccc(S(=O)(=O)Oc2ccc(Cl)cc2/C=C(\C#N)C(=O)Nc2cc(Cl)ccc2C)cc1. The molecule has 0 heterocycles. The number of nitrogens with one attached hydrogen (secondary N) is 1. The molecule has 9 heteroatoms. The van der Waals surface area contributed by atoms with Crippen molar-refractivity contribution >= 4 is 51.0 Å². The molecule has 1 N–H and O–H groups in total. The van der Waals surface area contributed by atoms with Crippen molar-refractivity contribution in [3.05, 3.63) is 93.0 Å². The Bertz CT molecular complexity index is 1390. The Hall–Kier alpha value is -3.31. The highest BCUT2D eigenvalue weighted by Gasteiger charge is 2.19. The molecule has 0 unspecified atom stereocenters. The van der Waals surface area contributed by atoms with Gasteiger partial charge in [-0.05, 0) is 68.0 Å². The fourth-order valence-electron chi connectivity index (χ4n) is 2.80. The number of anilines is 1. The smallest absolute Gasteiger partial charge is 0.339 e. The summed E-state index contributed by atoms with van der Waals surface area (Å²) in [6.07, 6.45) is 1.21. The number of carbonyl (C=O) groups is 1. The minimum atomic E-state index is -4.16. The van der Waals surface area contributed by atoms with Crippen LogP contribution in [0.3, 0.4) is 0 Å². The molecule has 3 aromatic carbocycles. The summed E-state index contributed by atoms with van der Waals surface area (Å²) in [5.74, 6) is -0.783. The average Bonchev–Trinajstić information content (AvgIpc) is 2.76. The van der Waals surface area contributed by atoms with E-state index in [1.54, 1.807) is 37.3 Å². The van der Waals surface area contributed by atoms with Gasteiger partial charge in [0.2, 0.25) is 0 Å². The Balaban J connectivity index is 1.95. The first-order chi connectivity index (χ1) is 15.6. The first-order valence-electron chi connectivity index (χ1n) is 9.59. The molecule has 1 amide bonds. The van der Waals surface area contributed by atoms with Gasteiger partial charge >= 0.3 is 10.1 Å². The first kappa shape index (κ1) is 24.3. The Kier molecular flexibility index (Phi) is 7.44. The van der Waals surface area contributed by atoms with Crippen molar-refractivity contribution in [1.29, 1.82) is 5.26 Å². The highest BCUT2D eigenvalue weighted by Crippen LogP contribution is 2.29. The maximum Gasteiger partial charge on any atom is 0.339 e. The summed E-state index contributed by atoms with van der Waals surface area (Å²) in [4.78, 5) is 12.7. The summed E-state index contributed by atoms with van der Waals surface area (Å²) < 4.78 is 30.7. The molecule has 0 bridgehead atoms. The molecular formula is C24H18Cl2N2O4S. The van der Waals surface area contributed by atoms with E-state index in [-0.39, 0.29) is 26.8 Å². The molecule has 0 saturated heterocycles. The molecule has 168 valence electrons. The zero-order valence-corrected chi connectivity index (χ0v) is 19.9. The fraction of sp³-hybridized carbons (Fsp3) is 0.0833. The summed E-state index contributed by atoms with van der Waals surface area (Å²) in [6.45, 7) is 3.61. The number of halogens is 2. The number of amides is 1. The van der Waals surface area contributed by atoms with Gasteiger partial charge in [-0.1, -0.05) is 47.0 Å². The van der Waals surface area contributed by atoms with E-state index < -0.39 is 16.0 Å². The highest BCUT2D eigenvalue weighted by molar-refractivity contribution is 7.87. The third-order valence-electron chi connectivity index (χ3n) is 4.59. The van der Waals surface area contributed by atoms with Crippen molar-refractivity contribution in [2.24, 2.45) is 0 Å². The summed E-state index contributed by atoms with van der Waals surface area (Å²) >= 11 is 12.0. The molecule has 33 heavy (non-hydrogen) atoms. The zero-order chi connectivity index (χ0) is 24.2. The van der Waals surface area contributed by atoms with Crippen LogP contribution in [0.1, 0.15) is 16.7 Å². The van der Waals surface area contributed by atoms with Gasteiger partial charge in [0.1, 0.15) is 22.3 Å². The highest BCUT2D eigenvalue weighted by atomic mass is 35.5. The average molecular weight is 501 g/mol. The Morgan fingerprint density at radius 1 is 1.00 bits per heavy atom. The number of hydrogen-bond acceptors (Lipinski definition) is 5. The molecule has 0 spiro atoms.